The fraction of sp³-hybridized carbons (Fsp3) is 0.600. The Hall–Kier alpha value is -1.46. The van der Waals surface area contributed by atoms with Gasteiger partial charge in [-0.1, -0.05) is 50.0 Å². The highest BCUT2D eigenvalue weighted by Crippen LogP contribution is 2.72. The van der Waals surface area contributed by atoms with Gasteiger partial charge in [-0.05, 0) is 50.0 Å². The molecule has 0 saturated heterocycles. The van der Waals surface area contributed by atoms with Crippen LogP contribution in [0.5, 0.6) is 0 Å². The molecule has 3 rings (SSSR count). The average molecular weight is 411 g/mol. The number of amides is 2. The molecule has 27 heavy (non-hydrogen) atoms. The van der Waals surface area contributed by atoms with E-state index in [-0.39, 0.29) is 28.8 Å². The van der Waals surface area contributed by atoms with E-state index in [1.54, 1.807) is 0 Å². The molecule has 2 aliphatic carbocycles. The number of H-pyrrole nitrogens is 1. The average Bonchev–Trinajstić information content (AvgIpc) is 2.87. The second kappa shape index (κ2) is 6.85. The predicted molar refractivity (Wildman–Crippen MR) is 111 cm³/mol. The van der Waals surface area contributed by atoms with Crippen LogP contribution < -0.4 is 10.6 Å². The third-order valence-electron chi connectivity index (χ3n) is 5.72. The zero-order valence-electron chi connectivity index (χ0n) is 16.7. The summed E-state index contributed by atoms with van der Waals surface area (Å²) in [7, 11) is 0. The number of aryl methyl sites for hydroxylation is 1. The SMILES string of the molecule is Cc1[nH]c(NC(=O)NC(C)C)nc1[C@@H]1[C@@H](C2(C)C=C(Cl)C=C(Cl)C2)C1(C)C. The number of carbonyl (C=O) groups is 1. The maximum Gasteiger partial charge on any atom is 0.321 e. The minimum absolute atomic E-state index is 0.0628. The quantitative estimate of drug-likeness (QED) is 0.600. The van der Waals surface area contributed by atoms with Gasteiger partial charge in [0.1, 0.15) is 0 Å². The van der Waals surface area contributed by atoms with E-state index in [0.29, 0.717) is 16.9 Å². The van der Waals surface area contributed by atoms with Crippen LogP contribution in [0.4, 0.5) is 10.7 Å². The van der Waals surface area contributed by atoms with Crippen molar-refractivity contribution in [2.24, 2.45) is 16.7 Å². The number of rotatable bonds is 4. The summed E-state index contributed by atoms with van der Waals surface area (Å²) in [6.07, 6.45) is 4.73. The Bertz CT molecular complexity index is 824. The van der Waals surface area contributed by atoms with Crippen molar-refractivity contribution in [3.63, 3.8) is 0 Å². The van der Waals surface area contributed by atoms with Crippen LogP contribution in [0.3, 0.4) is 0 Å². The molecule has 2 amide bonds. The summed E-state index contributed by atoms with van der Waals surface area (Å²) in [6, 6.07) is -0.198. The van der Waals surface area contributed by atoms with E-state index >= 15 is 0 Å². The number of hydrogen-bond acceptors (Lipinski definition) is 2. The lowest BCUT2D eigenvalue weighted by Gasteiger charge is -2.31. The molecule has 5 nitrogen and oxygen atoms in total. The molecule has 1 aromatic heterocycles. The van der Waals surface area contributed by atoms with Gasteiger partial charge in [-0.2, -0.15) is 0 Å². The molecule has 0 spiro atoms. The molecule has 3 atom stereocenters. The Balaban J connectivity index is 1.83. The summed E-state index contributed by atoms with van der Waals surface area (Å²) in [6.45, 7) is 12.6. The minimum atomic E-state index is -0.261. The molecule has 0 bridgehead atoms. The van der Waals surface area contributed by atoms with Crippen LogP contribution in [0.15, 0.2) is 22.2 Å². The molecule has 1 heterocycles. The van der Waals surface area contributed by atoms with Gasteiger partial charge >= 0.3 is 6.03 Å². The lowest BCUT2D eigenvalue weighted by atomic mass is 9.76. The predicted octanol–water partition coefficient (Wildman–Crippen LogP) is 5.64. The Morgan fingerprint density at radius 2 is 2.00 bits per heavy atom. The lowest BCUT2D eigenvalue weighted by molar-refractivity contribution is 0.250. The number of imidazole rings is 1. The molecule has 7 heteroatoms. The van der Waals surface area contributed by atoms with E-state index in [1.807, 2.05) is 26.8 Å². The van der Waals surface area contributed by atoms with Gasteiger partial charge in [0.15, 0.2) is 0 Å². The number of carbonyl (C=O) groups excluding carboxylic acids is 1. The highest BCUT2D eigenvalue weighted by molar-refractivity contribution is 6.35. The van der Waals surface area contributed by atoms with Crippen LogP contribution in [0.1, 0.15) is 58.3 Å². The molecule has 0 radical (unpaired) electrons. The third kappa shape index (κ3) is 3.90. The van der Waals surface area contributed by atoms with Crippen molar-refractivity contribution in [2.75, 3.05) is 5.32 Å². The van der Waals surface area contributed by atoms with E-state index in [0.717, 1.165) is 22.8 Å². The van der Waals surface area contributed by atoms with E-state index in [4.69, 9.17) is 28.2 Å². The zero-order valence-corrected chi connectivity index (χ0v) is 18.2. The van der Waals surface area contributed by atoms with Crippen molar-refractivity contribution in [1.82, 2.24) is 15.3 Å². The highest BCUT2D eigenvalue weighted by Gasteiger charge is 2.66. The van der Waals surface area contributed by atoms with E-state index in [9.17, 15) is 4.79 Å². The first-order chi connectivity index (χ1) is 12.4. The Kier molecular flexibility index (Phi) is 5.15. The van der Waals surface area contributed by atoms with Gasteiger partial charge in [0.25, 0.3) is 0 Å². The smallest absolute Gasteiger partial charge is 0.321 e. The fourth-order valence-electron chi connectivity index (χ4n) is 4.79. The van der Waals surface area contributed by atoms with E-state index in [2.05, 4.69) is 42.5 Å². The first-order valence-electron chi connectivity index (χ1n) is 9.32. The maximum absolute atomic E-state index is 12.0. The summed E-state index contributed by atoms with van der Waals surface area (Å²) in [4.78, 5) is 19.9. The van der Waals surface area contributed by atoms with Crippen LogP contribution >= 0.6 is 23.2 Å². The van der Waals surface area contributed by atoms with Gasteiger partial charge < -0.3 is 10.3 Å². The largest absolute Gasteiger partial charge is 0.336 e. The van der Waals surface area contributed by atoms with Crippen molar-refractivity contribution < 1.29 is 4.79 Å². The second-order valence-corrected chi connectivity index (χ2v) is 9.85. The summed E-state index contributed by atoms with van der Waals surface area (Å²) < 4.78 is 0. The van der Waals surface area contributed by atoms with E-state index < -0.39 is 0 Å². The van der Waals surface area contributed by atoms with Crippen LogP contribution in [-0.2, 0) is 0 Å². The first-order valence-corrected chi connectivity index (χ1v) is 10.1. The molecule has 2 aliphatic rings. The zero-order chi connectivity index (χ0) is 20.1. The van der Waals surface area contributed by atoms with Gasteiger partial charge in [-0.15, -0.1) is 0 Å². The number of urea groups is 1. The number of aromatic amines is 1. The van der Waals surface area contributed by atoms with Crippen molar-refractivity contribution in [1.29, 1.82) is 0 Å². The van der Waals surface area contributed by atoms with Crippen molar-refractivity contribution in [2.45, 2.75) is 59.9 Å². The van der Waals surface area contributed by atoms with Gasteiger partial charge in [0.05, 0.1) is 5.69 Å². The molecule has 0 aliphatic heterocycles. The van der Waals surface area contributed by atoms with Crippen LogP contribution in [0.25, 0.3) is 0 Å². The van der Waals surface area contributed by atoms with Crippen LogP contribution in [0.2, 0.25) is 0 Å². The molecule has 1 unspecified atom stereocenters. The third-order valence-corrected chi connectivity index (χ3v) is 6.18. The maximum atomic E-state index is 12.0. The standard InChI is InChI=1S/C20H28Cl2N4O/c1-10(2)23-18(27)26-17-24-11(3)15(25-17)14-16(19(14,4)5)20(6)8-12(21)7-13(22)9-20/h7-8,10,14,16H,9H2,1-6H3,(H3,23,24,25,26,27)/t14-,16-,20?/m1/s1. The molecule has 0 aromatic carbocycles. The lowest BCUT2D eigenvalue weighted by Crippen LogP contribution is -2.34. The van der Waals surface area contributed by atoms with Gasteiger partial charge in [0.2, 0.25) is 5.95 Å². The summed E-state index contributed by atoms with van der Waals surface area (Å²) in [5.41, 5.74) is 1.92. The van der Waals surface area contributed by atoms with Gasteiger partial charge in [0, 0.05) is 27.7 Å². The van der Waals surface area contributed by atoms with Gasteiger partial charge in [-0.25, -0.2) is 9.78 Å². The molecular formula is C20H28Cl2N4O. The Labute approximate surface area is 171 Å². The molecule has 1 aromatic rings. The molecule has 3 N–H and O–H groups in total. The number of aromatic nitrogens is 2. The molecule has 1 saturated carbocycles. The van der Waals surface area contributed by atoms with E-state index in [1.165, 1.54) is 0 Å². The number of nitrogens with one attached hydrogen (secondary N) is 3. The topological polar surface area (TPSA) is 69.8 Å². The minimum Gasteiger partial charge on any atom is -0.336 e. The molecule has 1 fully saturated rings. The number of anilines is 1. The van der Waals surface area contributed by atoms with Crippen LogP contribution in [0, 0.1) is 23.7 Å². The Morgan fingerprint density at radius 1 is 1.33 bits per heavy atom. The molecule has 148 valence electrons. The van der Waals surface area contributed by atoms with Gasteiger partial charge in [-0.3, -0.25) is 5.32 Å². The van der Waals surface area contributed by atoms with Crippen molar-refractivity contribution in [3.05, 3.63) is 33.6 Å². The second-order valence-electron chi connectivity index (χ2n) is 8.93. The number of nitrogens with zero attached hydrogens (tertiary/aromatic N) is 1. The van der Waals surface area contributed by atoms with Crippen molar-refractivity contribution >= 4 is 35.2 Å². The number of hydrogen-bond donors (Lipinski definition) is 3. The monoisotopic (exact) mass is 410 g/mol. The summed E-state index contributed by atoms with van der Waals surface area (Å²) >= 11 is 12.7. The number of halogens is 2. The normalized spacial score (nSPS) is 29.2. The van der Waals surface area contributed by atoms with Crippen molar-refractivity contribution in [3.8, 4) is 0 Å². The summed E-state index contributed by atoms with van der Waals surface area (Å²) in [5.74, 6) is 1.11. The number of allylic oxidation sites excluding steroid dienone is 4. The highest BCUT2D eigenvalue weighted by atomic mass is 35.5. The summed E-state index contributed by atoms with van der Waals surface area (Å²) in [5, 5.41) is 7.07. The Morgan fingerprint density at radius 3 is 2.59 bits per heavy atom. The first kappa shape index (κ1) is 20.3. The fourth-order valence-corrected chi connectivity index (χ4v) is 5.63. The molecular weight excluding hydrogens is 383 g/mol. The van der Waals surface area contributed by atoms with Crippen LogP contribution in [-0.4, -0.2) is 22.0 Å².